The van der Waals surface area contributed by atoms with Crippen molar-refractivity contribution in [2.45, 2.75) is 24.0 Å². The number of aromatic nitrogens is 3. The zero-order valence-corrected chi connectivity index (χ0v) is 20.0. The summed E-state index contributed by atoms with van der Waals surface area (Å²) in [5.41, 5.74) is 4.46. The smallest absolute Gasteiger partial charge is 0.251 e. The first kappa shape index (κ1) is 23.7. The van der Waals surface area contributed by atoms with E-state index in [1.165, 1.54) is 30.0 Å². The Morgan fingerprint density at radius 2 is 1.78 bits per heavy atom. The molecule has 0 unspecified atom stereocenters. The second-order valence-corrected chi connectivity index (χ2v) is 9.18. The highest BCUT2D eigenvalue weighted by Gasteiger charge is 2.14. The van der Waals surface area contributed by atoms with Gasteiger partial charge in [-0.25, -0.2) is 13.8 Å². The number of hydrogen-bond acceptors (Lipinski definition) is 4. The molecule has 0 aliphatic carbocycles. The van der Waals surface area contributed by atoms with Crippen molar-refractivity contribution >= 4 is 28.7 Å². The molecule has 5 nitrogen and oxygen atoms in total. The van der Waals surface area contributed by atoms with Crippen molar-refractivity contribution in [3.8, 4) is 0 Å². The van der Waals surface area contributed by atoms with E-state index in [9.17, 15) is 13.6 Å². The number of amides is 1. The van der Waals surface area contributed by atoms with Crippen molar-refractivity contribution in [3.63, 3.8) is 0 Å². The van der Waals surface area contributed by atoms with Crippen LogP contribution in [-0.2, 0) is 18.8 Å². The molecular formula is C28H22F2N4OS. The molecule has 0 atom stereocenters. The van der Waals surface area contributed by atoms with Crippen LogP contribution in [0.5, 0.6) is 0 Å². The summed E-state index contributed by atoms with van der Waals surface area (Å²) < 4.78 is 29.6. The van der Waals surface area contributed by atoms with Crippen LogP contribution in [0.4, 0.5) is 8.78 Å². The number of hydrogen-bond donors (Lipinski definition) is 1. The molecule has 2 heterocycles. The molecule has 0 saturated carbocycles. The number of halogens is 2. The molecule has 0 saturated heterocycles. The van der Waals surface area contributed by atoms with E-state index in [0.717, 1.165) is 21.8 Å². The SMILES string of the molecule is O=C(NCc1cccc(F)c1)c1ccc(CSc2nc3ccncc3n2Cc2ccccc2F)cc1. The number of pyridine rings is 1. The largest absolute Gasteiger partial charge is 0.348 e. The van der Waals surface area contributed by atoms with Crippen molar-refractivity contribution in [2.75, 3.05) is 0 Å². The quantitative estimate of drug-likeness (QED) is 0.266. The van der Waals surface area contributed by atoms with Crippen molar-refractivity contribution in [2.24, 2.45) is 0 Å². The number of benzene rings is 3. The maximum absolute atomic E-state index is 14.3. The Morgan fingerprint density at radius 3 is 2.58 bits per heavy atom. The number of nitrogens with one attached hydrogen (secondary N) is 1. The van der Waals surface area contributed by atoms with Crippen molar-refractivity contribution in [3.05, 3.63) is 125 Å². The van der Waals surface area contributed by atoms with Gasteiger partial charge in [0.15, 0.2) is 5.16 Å². The normalized spacial score (nSPS) is 11.1. The van der Waals surface area contributed by atoms with Gasteiger partial charge in [-0.05, 0) is 47.5 Å². The first-order chi connectivity index (χ1) is 17.6. The third-order valence-corrected chi connectivity index (χ3v) is 6.78. The number of carbonyl (C=O) groups is 1. The summed E-state index contributed by atoms with van der Waals surface area (Å²) in [7, 11) is 0. The van der Waals surface area contributed by atoms with Crippen LogP contribution in [0.15, 0.2) is 96.4 Å². The van der Waals surface area contributed by atoms with E-state index >= 15 is 0 Å². The van der Waals surface area contributed by atoms with Crippen LogP contribution in [-0.4, -0.2) is 20.4 Å². The molecule has 0 fully saturated rings. The van der Waals surface area contributed by atoms with Crippen LogP contribution in [0.1, 0.15) is 27.0 Å². The van der Waals surface area contributed by atoms with Crippen LogP contribution in [0.2, 0.25) is 0 Å². The van der Waals surface area contributed by atoms with Gasteiger partial charge in [0.2, 0.25) is 0 Å². The van der Waals surface area contributed by atoms with Gasteiger partial charge < -0.3 is 9.88 Å². The van der Waals surface area contributed by atoms with Gasteiger partial charge in [-0.3, -0.25) is 9.78 Å². The molecule has 8 heteroatoms. The fraction of sp³-hybridized carbons (Fsp3) is 0.107. The van der Waals surface area contributed by atoms with E-state index in [-0.39, 0.29) is 24.1 Å². The van der Waals surface area contributed by atoms with Gasteiger partial charge >= 0.3 is 0 Å². The molecule has 1 N–H and O–H groups in total. The second kappa shape index (κ2) is 10.7. The molecule has 0 bridgehead atoms. The maximum Gasteiger partial charge on any atom is 0.251 e. The second-order valence-electron chi connectivity index (χ2n) is 8.23. The fourth-order valence-corrected chi connectivity index (χ4v) is 4.81. The first-order valence-corrected chi connectivity index (χ1v) is 12.3. The molecule has 3 aromatic carbocycles. The number of nitrogens with zero attached hydrogens (tertiary/aromatic N) is 3. The Kier molecular flexibility index (Phi) is 7.04. The van der Waals surface area contributed by atoms with Gasteiger partial charge in [-0.15, -0.1) is 0 Å². The molecule has 1 amide bonds. The minimum Gasteiger partial charge on any atom is -0.348 e. The van der Waals surface area contributed by atoms with Gasteiger partial charge in [0.05, 0.1) is 23.8 Å². The minimum absolute atomic E-state index is 0.224. The Labute approximate surface area is 211 Å². The topological polar surface area (TPSA) is 59.8 Å². The molecule has 36 heavy (non-hydrogen) atoms. The summed E-state index contributed by atoms with van der Waals surface area (Å²) in [6.07, 6.45) is 3.43. The molecule has 0 aliphatic rings. The van der Waals surface area contributed by atoms with Gasteiger partial charge in [-0.2, -0.15) is 0 Å². The zero-order valence-electron chi connectivity index (χ0n) is 19.2. The Balaban J connectivity index is 1.27. The third-order valence-electron chi connectivity index (χ3n) is 5.73. The van der Waals surface area contributed by atoms with Crippen LogP contribution >= 0.6 is 11.8 Å². The number of rotatable bonds is 8. The van der Waals surface area contributed by atoms with E-state index in [4.69, 9.17) is 4.98 Å². The summed E-state index contributed by atoms with van der Waals surface area (Å²) in [6, 6.07) is 22.0. The van der Waals surface area contributed by atoms with Crippen LogP contribution in [0, 0.1) is 11.6 Å². The van der Waals surface area contributed by atoms with Crippen molar-refractivity contribution in [1.29, 1.82) is 0 Å². The minimum atomic E-state index is -0.331. The molecule has 2 aromatic heterocycles. The van der Waals surface area contributed by atoms with Gasteiger partial charge in [0.1, 0.15) is 11.6 Å². The predicted molar refractivity (Wildman–Crippen MR) is 137 cm³/mol. The molecular weight excluding hydrogens is 478 g/mol. The fourth-order valence-electron chi connectivity index (χ4n) is 3.84. The van der Waals surface area contributed by atoms with Gasteiger partial charge in [0.25, 0.3) is 5.91 Å². The average Bonchev–Trinajstić information content (AvgIpc) is 3.25. The summed E-state index contributed by atoms with van der Waals surface area (Å²) in [5.74, 6) is -0.190. The number of thioether (sulfide) groups is 1. The van der Waals surface area contributed by atoms with E-state index < -0.39 is 0 Å². The van der Waals surface area contributed by atoms with E-state index in [1.807, 2.05) is 28.8 Å². The zero-order chi connectivity index (χ0) is 24.9. The summed E-state index contributed by atoms with van der Waals surface area (Å²) in [4.78, 5) is 21.4. The lowest BCUT2D eigenvalue weighted by Gasteiger charge is -2.10. The van der Waals surface area contributed by atoms with Crippen molar-refractivity contribution in [1.82, 2.24) is 19.9 Å². The highest BCUT2D eigenvalue weighted by atomic mass is 32.2. The summed E-state index contributed by atoms with van der Waals surface area (Å²) >= 11 is 1.54. The lowest BCUT2D eigenvalue weighted by atomic mass is 10.1. The Bertz CT molecular complexity index is 1520. The molecule has 180 valence electrons. The maximum atomic E-state index is 14.3. The number of imidazole rings is 1. The van der Waals surface area contributed by atoms with Crippen LogP contribution < -0.4 is 5.32 Å². The number of carbonyl (C=O) groups excluding carboxylic acids is 1. The lowest BCUT2D eigenvalue weighted by Crippen LogP contribution is -2.22. The van der Waals surface area contributed by atoms with E-state index in [2.05, 4.69) is 10.3 Å². The highest BCUT2D eigenvalue weighted by molar-refractivity contribution is 7.98. The summed E-state index contributed by atoms with van der Waals surface area (Å²) in [5, 5.41) is 3.57. The third kappa shape index (κ3) is 5.44. The van der Waals surface area contributed by atoms with E-state index in [0.29, 0.717) is 29.0 Å². The lowest BCUT2D eigenvalue weighted by molar-refractivity contribution is 0.0951. The molecule has 0 aliphatic heterocycles. The molecule has 0 radical (unpaired) electrons. The number of fused-ring (bicyclic) bond motifs is 1. The Morgan fingerprint density at radius 1 is 0.944 bits per heavy atom. The standard InChI is InChI=1S/C28H22F2N4OS/c29-23-6-3-4-20(14-23)15-32-27(35)21-10-8-19(9-11-21)18-36-28-33-25-12-13-31-16-26(25)34(28)17-22-5-1-2-7-24(22)30/h1-14,16H,15,17-18H2,(H,32,35). The molecule has 5 rings (SSSR count). The Hall–Kier alpha value is -4.04. The predicted octanol–water partition coefficient (Wildman–Crippen LogP) is 5.98. The van der Waals surface area contributed by atoms with Gasteiger partial charge in [-0.1, -0.05) is 54.2 Å². The van der Waals surface area contributed by atoms with Crippen LogP contribution in [0.25, 0.3) is 11.0 Å². The highest BCUT2D eigenvalue weighted by Crippen LogP contribution is 2.28. The molecule has 0 spiro atoms. The van der Waals surface area contributed by atoms with Gasteiger partial charge in [0, 0.05) is 29.6 Å². The average molecular weight is 501 g/mol. The van der Waals surface area contributed by atoms with Crippen molar-refractivity contribution < 1.29 is 13.6 Å². The molecule has 5 aromatic rings. The first-order valence-electron chi connectivity index (χ1n) is 11.3. The van der Waals surface area contributed by atoms with Crippen LogP contribution in [0.3, 0.4) is 0 Å². The summed E-state index contributed by atoms with van der Waals surface area (Å²) in [6.45, 7) is 0.600. The van der Waals surface area contributed by atoms with E-state index in [1.54, 1.807) is 48.8 Å². The monoisotopic (exact) mass is 500 g/mol.